The summed E-state index contributed by atoms with van der Waals surface area (Å²) in [5, 5.41) is 9.80. The van der Waals surface area contributed by atoms with Crippen LogP contribution in [0, 0.1) is 13.8 Å². The fourth-order valence-electron chi connectivity index (χ4n) is 3.68. The maximum Gasteiger partial charge on any atom is 0.297 e. The van der Waals surface area contributed by atoms with E-state index in [1.165, 1.54) is 4.68 Å². The van der Waals surface area contributed by atoms with Crippen LogP contribution >= 0.6 is 11.6 Å². The molecule has 0 aliphatic carbocycles. The number of methoxy groups -OCH3 is 1. The van der Waals surface area contributed by atoms with E-state index in [-0.39, 0.29) is 17.6 Å². The molecule has 3 heterocycles. The first-order chi connectivity index (χ1) is 15.9. The molecule has 8 nitrogen and oxygen atoms in total. The molecule has 2 aromatic carbocycles. The minimum absolute atomic E-state index is 0.105. The Labute approximate surface area is 193 Å². The highest BCUT2D eigenvalue weighted by Crippen LogP contribution is 2.30. The van der Waals surface area contributed by atoms with Gasteiger partial charge in [-0.25, -0.2) is 9.67 Å². The van der Waals surface area contributed by atoms with Gasteiger partial charge in [-0.2, -0.15) is 5.10 Å². The molecule has 166 valence electrons. The van der Waals surface area contributed by atoms with Gasteiger partial charge in [0, 0.05) is 16.1 Å². The molecule has 0 spiro atoms. The van der Waals surface area contributed by atoms with Gasteiger partial charge in [0.15, 0.2) is 5.52 Å². The molecule has 0 amide bonds. The molecule has 0 fully saturated rings. The van der Waals surface area contributed by atoms with Crippen LogP contribution in [0.2, 0.25) is 5.02 Å². The smallest absolute Gasteiger partial charge is 0.297 e. The first-order valence-electron chi connectivity index (χ1n) is 10.2. The summed E-state index contributed by atoms with van der Waals surface area (Å²) >= 11 is 6.10. The third-order valence-electron chi connectivity index (χ3n) is 5.36. The number of halogens is 1. The monoisotopic (exact) mass is 462 g/mol. The molecular formula is C24H19ClN4O4. The Kier molecular flexibility index (Phi) is 5.22. The first-order valence-corrected chi connectivity index (χ1v) is 10.6. The van der Waals surface area contributed by atoms with Crippen molar-refractivity contribution in [3.05, 3.63) is 81.1 Å². The van der Waals surface area contributed by atoms with Gasteiger partial charge in [0.1, 0.15) is 28.7 Å². The number of aromatic nitrogens is 4. The van der Waals surface area contributed by atoms with Crippen LogP contribution < -0.4 is 10.3 Å². The summed E-state index contributed by atoms with van der Waals surface area (Å²) in [7, 11) is 1.60. The summed E-state index contributed by atoms with van der Waals surface area (Å²) in [5.41, 5.74) is 2.50. The number of rotatable bonds is 5. The number of oxazole rings is 1. The molecule has 0 aliphatic heterocycles. The lowest BCUT2D eigenvalue weighted by Gasteiger charge is -2.09. The Bertz CT molecular complexity index is 1550. The lowest BCUT2D eigenvalue weighted by Crippen LogP contribution is -2.25. The topological polar surface area (TPSA) is 96.2 Å². The van der Waals surface area contributed by atoms with E-state index in [1.54, 1.807) is 33.1 Å². The number of nitrogens with zero attached hydrogens (tertiary/aromatic N) is 4. The van der Waals surface area contributed by atoms with Gasteiger partial charge in [0.2, 0.25) is 5.89 Å². The quantitative estimate of drug-likeness (QED) is 0.361. The van der Waals surface area contributed by atoms with Crippen LogP contribution in [-0.4, -0.2) is 27.0 Å². The predicted molar refractivity (Wildman–Crippen MR) is 124 cm³/mol. The van der Waals surface area contributed by atoms with Crippen molar-refractivity contribution < 1.29 is 13.7 Å². The number of aryl methyl sites for hydroxylation is 2. The summed E-state index contributed by atoms with van der Waals surface area (Å²) in [5.74, 6) is 2.19. The molecule has 0 unspecified atom stereocenters. The fraction of sp³-hybridized carbons (Fsp3) is 0.167. The van der Waals surface area contributed by atoms with Crippen molar-refractivity contribution in [1.82, 2.24) is 19.9 Å². The Morgan fingerprint density at radius 1 is 1.06 bits per heavy atom. The average Bonchev–Trinajstić information content (AvgIpc) is 3.39. The molecule has 0 saturated heterocycles. The zero-order chi connectivity index (χ0) is 23.1. The van der Waals surface area contributed by atoms with Crippen molar-refractivity contribution in [2.24, 2.45) is 0 Å². The van der Waals surface area contributed by atoms with Crippen LogP contribution in [0.4, 0.5) is 0 Å². The van der Waals surface area contributed by atoms with Crippen LogP contribution in [0.25, 0.3) is 33.6 Å². The number of hydrogen-bond acceptors (Lipinski definition) is 7. The Hall–Kier alpha value is -3.91. The number of fused-ring (bicyclic) bond motifs is 1. The lowest BCUT2D eigenvalue weighted by molar-refractivity contribution is 0.405. The molecule has 9 heteroatoms. The van der Waals surface area contributed by atoms with E-state index in [0.29, 0.717) is 45.0 Å². The van der Waals surface area contributed by atoms with Crippen molar-refractivity contribution in [1.29, 1.82) is 0 Å². The predicted octanol–water partition coefficient (Wildman–Crippen LogP) is 5.03. The second-order valence-corrected chi connectivity index (χ2v) is 7.97. The molecule has 3 aromatic heterocycles. The van der Waals surface area contributed by atoms with Crippen molar-refractivity contribution in [3.8, 4) is 28.5 Å². The first kappa shape index (κ1) is 21.0. The molecule has 0 bridgehead atoms. The number of benzene rings is 2. The molecule has 0 saturated carbocycles. The van der Waals surface area contributed by atoms with Crippen molar-refractivity contribution in [2.45, 2.75) is 20.4 Å². The van der Waals surface area contributed by atoms with E-state index >= 15 is 0 Å². The minimum Gasteiger partial charge on any atom is -0.497 e. The van der Waals surface area contributed by atoms with Gasteiger partial charge in [-0.1, -0.05) is 35.0 Å². The maximum atomic E-state index is 13.2. The summed E-state index contributed by atoms with van der Waals surface area (Å²) in [6.45, 7) is 3.65. The third-order valence-corrected chi connectivity index (χ3v) is 5.60. The molecular weight excluding hydrogens is 444 g/mol. The summed E-state index contributed by atoms with van der Waals surface area (Å²) in [6, 6.07) is 14.7. The Morgan fingerprint density at radius 3 is 2.64 bits per heavy atom. The van der Waals surface area contributed by atoms with Gasteiger partial charge in [0.25, 0.3) is 5.56 Å². The molecule has 33 heavy (non-hydrogen) atoms. The van der Waals surface area contributed by atoms with Gasteiger partial charge >= 0.3 is 0 Å². The van der Waals surface area contributed by atoms with Crippen LogP contribution in [0.15, 0.2) is 62.3 Å². The molecule has 0 aliphatic rings. The van der Waals surface area contributed by atoms with E-state index in [4.69, 9.17) is 25.3 Å². The summed E-state index contributed by atoms with van der Waals surface area (Å²) in [6.07, 6.45) is 0. The van der Waals surface area contributed by atoms with E-state index in [1.807, 2.05) is 36.4 Å². The van der Waals surface area contributed by atoms with E-state index in [0.717, 1.165) is 11.1 Å². The second kappa shape index (κ2) is 8.22. The van der Waals surface area contributed by atoms with Crippen molar-refractivity contribution >= 4 is 22.5 Å². The molecule has 5 rings (SSSR count). The van der Waals surface area contributed by atoms with Gasteiger partial charge in [-0.3, -0.25) is 4.79 Å². The van der Waals surface area contributed by atoms with E-state index < -0.39 is 0 Å². The van der Waals surface area contributed by atoms with Gasteiger partial charge in [-0.15, -0.1) is 0 Å². The van der Waals surface area contributed by atoms with Crippen LogP contribution in [0.5, 0.6) is 5.75 Å². The van der Waals surface area contributed by atoms with Crippen LogP contribution in [0.1, 0.15) is 17.2 Å². The van der Waals surface area contributed by atoms with Crippen LogP contribution in [0.3, 0.4) is 0 Å². The maximum absolute atomic E-state index is 13.2. The highest BCUT2D eigenvalue weighted by Gasteiger charge is 2.21. The normalized spacial score (nSPS) is 11.3. The van der Waals surface area contributed by atoms with Crippen LogP contribution in [-0.2, 0) is 6.54 Å². The summed E-state index contributed by atoms with van der Waals surface area (Å²) in [4.78, 5) is 17.7. The van der Waals surface area contributed by atoms with E-state index in [2.05, 4.69) is 15.2 Å². The number of hydrogen-bond donors (Lipinski definition) is 0. The van der Waals surface area contributed by atoms with Gasteiger partial charge in [0.05, 0.1) is 19.0 Å². The molecule has 5 aromatic rings. The zero-order valence-electron chi connectivity index (χ0n) is 18.1. The SMILES string of the molecule is COc1cccc(-c2nn(Cc3nc(-c4cccc(Cl)c4)oc3C)c(=O)c3noc(C)c23)c1. The average molecular weight is 463 g/mol. The highest BCUT2D eigenvalue weighted by molar-refractivity contribution is 6.30. The number of ether oxygens (including phenoxy) is 1. The van der Waals surface area contributed by atoms with Crippen molar-refractivity contribution in [3.63, 3.8) is 0 Å². The minimum atomic E-state index is -0.375. The van der Waals surface area contributed by atoms with Crippen molar-refractivity contribution in [2.75, 3.05) is 7.11 Å². The summed E-state index contributed by atoms with van der Waals surface area (Å²) < 4.78 is 17.9. The highest BCUT2D eigenvalue weighted by atomic mass is 35.5. The van der Waals surface area contributed by atoms with Gasteiger partial charge in [-0.05, 0) is 44.2 Å². The fourth-order valence-corrected chi connectivity index (χ4v) is 3.87. The second-order valence-electron chi connectivity index (χ2n) is 7.54. The standard InChI is InChI=1S/C24H19ClN4O4/c1-13-19(26-23(32-13)16-7-4-8-17(25)10-16)12-29-24(30)22-20(14(2)33-28-22)21(27-29)15-6-5-9-18(11-15)31-3/h4-11H,12H2,1-3H3. The lowest BCUT2D eigenvalue weighted by atomic mass is 10.1. The third kappa shape index (κ3) is 3.78. The largest absolute Gasteiger partial charge is 0.497 e. The zero-order valence-corrected chi connectivity index (χ0v) is 18.9. The Morgan fingerprint density at radius 2 is 1.85 bits per heavy atom. The van der Waals surface area contributed by atoms with Gasteiger partial charge < -0.3 is 13.7 Å². The Balaban J connectivity index is 1.63. The molecule has 0 radical (unpaired) electrons. The molecule has 0 N–H and O–H groups in total. The molecule has 0 atom stereocenters. The van der Waals surface area contributed by atoms with E-state index in [9.17, 15) is 4.79 Å².